The van der Waals surface area contributed by atoms with Gasteiger partial charge in [-0.2, -0.15) is 0 Å². The third kappa shape index (κ3) is 0.701. The van der Waals surface area contributed by atoms with E-state index in [0.717, 1.165) is 11.3 Å². The maximum absolute atomic E-state index is 10.8. The van der Waals surface area contributed by atoms with Crippen LogP contribution in [0.4, 0.5) is 0 Å². The van der Waals surface area contributed by atoms with Gasteiger partial charge >= 0.3 is 5.63 Å². The van der Waals surface area contributed by atoms with Crippen molar-refractivity contribution < 1.29 is 4.52 Å². The van der Waals surface area contributed by atoms with Crippen molar-refractivity contribution in [2.45, 2.75) is 25.7 Å². The molecule has 2 rings (SSSR count). The fourth-order valence-electron chi connectivity index (χ4n) is 1.13. The molecule has 0 spiro atoms. The van der Waals surface area contributed by atoms with E-state index in [-0.39, 0.29) is 5.63 Å². The van der Waals surface area contributed by atoms with Crippen LogP contribution >= 0.6 is 0 Å². The lowest BCUT2D eigenvalue weighted by Crippen LogP contribution is -1.96. The Morgan fingerprint density at radius 2 is 2.30 bits per heavy atom. The van der Waals surface area contributed by atoms with Crippen molar-refractivity contribution >= 4 is 0 Å². The van der Waals surface area contributed by atoms with Gasteiger partial charge in [-0.25, -0.2) is 9.95 Å². The summed E-state index contributed by atoms with van der Waals surface area (Å²) in [7, 11) is 0. The second kappa shape index (κ2) is 1.75. The summed E-state index contributed by atoms with van der Waals surface area (Å²) in [5.41, 5.74) is 1.54. The van der Waals surface area contributed by atoms with Gasteiger partial charge in [0.2, 0.25) is 0 Å². The minimum atomic E-state index is -0.220. The highest BCUT2D eigenvalue weighted by atomic mass is 16.5. The Kier molecular flexibility index (Phi) is 1.01. The molecule has 1 aromatic rings. The van der Waals surface area contributed by atoms with Crippen molar-refractivity contribution in [2.24, 2.45) is 0 Å². The molecule has 1 N–H and O–H groups in total. The maximum atomic E-state index is 10.8. The molecule has 1 fully saturated rings. The first-order chi connectivity index (χ1) is 4.79. The molecular formula is C7H9NO2. The molecule has 3 heteroatoms. The number of rotatable bonds is 1. The Morgan fingerprint density at radius 1 is 1.60 bits per heavy atom. The van der Waals surface area contributed by atoms with Gasteiger partial charge in [0.15, 0.2) is 0 Å². The average Bonchev–Trinajstić information content (AvgIpc) is 2.67. The molecular weight excluding hydrogens is 130 g/mol. The number of hydrogen-bond donors (Lipinski definition) is 1. The molecule has 1 saturated carbocycles. The van der Waals surface area contributed by atoms with Crippen molar-refractivity contribution in [3.63, 3.8) is 0 Å². The second-order valence-corrected chi connectivity index (χ2v) is 2.80. The molecule has 1 aliphatic rings. The molecule has 3 nitrogen and oxygen atoms in total. The lowest BCUT2D eigenvalue weighted by Gasteiger charge is -1.87. The molecule has 0 aliphatic heterocycles. The second-order valence-electron chi connectivity index (χ2n) is 2.80. The molecule has 0 radical (unpaired) electrons. The highest BCUT2D eigenvalue weighted by Crippen LogP contribution is 2.39. The van der Waals surface area contributed by atoms with Gasteiger partial charge in [-0.3, -0.25) is 0 Å². The Bertz CT molecular complexity index is 293. The van der Waals surface area contributed by atoms with Gasteiger partial charge in [0.25, 0.3) is 0 Å². The fraction of sp³-hybridized carbons (Fsp3) is 0.571. The van der Waals surface area contributed by atoms with E-state index in [4.69, 9.17) is 0 Å². The van der Waals surface area contributed by atoms with Crippen molar-refractivity contribution in [2.75, 3.05) is 0 Å². The summed E-state index contributed by atoms with van der Waals surface area (Å²) in [5, 5.41) is 2.65. The summed E-state index contributed by atoms with van der Waals surface area (Å²) in [6.07, 6.45) is 2.38. The number of nitrogens with one attached hydrogen (secondary N) is 1. The van der Waals surface area contributed by atoms with Crippen molar-refractivity contribution in [3.05, 3.63) is 21.7 Å². The van der Waals surface area contributed by atoms with Crippen molar-refractivity contribution in [1.29, 1.82) is 0 Å². The number of hydrogen-bond acceptors (Lipinski definition) is 2. The van der Waals surface area contributed by atoms with Crippen molar-refractivity contribution in [3.8, 4) is 0 Å². The lowest BCUT2D eigenvalue weighted by atomic mass is 10.2. The molecule has 0 saturated heterocycles. The van der Waals surface area contributed by atoms with Gasteiger partial charge < -0.3 is 4.52 Å². The van der Waals surface area contributed by atoms with Crippen LogP contribution in [-0.2, 0) is 0 Å². The van der Waals surface area contributed by atoms with Crippen LogP contribution in [0.3, 0.4) is 0 Å². The van der Waals surface area contributed by atoms with E-state index >= 15 is 0 Å². The first-order valence-corrected chi connectivity index (χ1v) is 3.47. The van der Waals surface area contributed by atoms with E-state index in [1.165, 1.54) is 12.8 Å². The van der Waals surface area contributed by atoms with Crippen LogP contribution in [0.2, 0.25) is 0 Å². The van der Waals surface area contributed by atoms with Gasteiger partial charge in [-0.15, -0.1) is 0 Å². The Labute approximate surface area is 58.0 Å². The molecule has 1 aromatic heterocycles. The molecule has 1 heterocycles. The Morgan fingerprint density at radius 3 is 2.70 bits per heavy atom. The highest BCUT2D eigenvalue weighted by molar-refractivity contribution is 5.21. The summed E-state index contributed by atoms with van der Waals surface area (Å²) < 4.78 is 4.62. The van der Waals surface area contributed by atoms with Crippen LogP contribution in [0.1, 0.15) is 30.0 Å². The lowest BCUT2D eigenvalue weighted by molar-refractivity contribution is 0.384. The molecule has 0 atom stereocenters. The van der Waals surface area contributed by atoms with Gasteiger partial charge in [0.1, 0.15) is 0 Å². The van der Waals surface area contributed by atoms with Crippen LogP contribution in [0.5, 0.6) is 0 Å². The van der Waals surface area contributed by atoms with E-state index in [1.807, 2.05) is 0 Å². The van der Waals surface area contributed by atoms with E-state index in [0.29, 0.717) is 5.92 Å². The van der Waals surface area contributed by atoms with Gasteiger partial charge in [-0.05, 0) is 19.8 Å². The first kappa shape index (κ1) is 5.77. The topological polar surface area (TPSA) is 46.0 Å². The third-order valence-electron chi connectivity index (χ3n) is 1.95. The average molecular weight is 139 g/mol. The van der Waals surface area contributed by atoms with E-state index in [2.05, 4.69) is 9.68 Å². The Balaban J connectivity index is 2.49. The van der Waals surface area contributed by atoms with Crippen LogP contribution in [0.15, 0.2) is 9.32 Å². The zero-order valence-electron chi connectivity index (χ0n) is 5.81. The molecule has 10 heavy (non-hydrogen) atoms. The summed E-state index contributed by atoms with van der Waals surface area (Å²) in [6.45, 7) is 1.80. The molecule has 0 unspecified atom stereocenters. The van der Waals surface area contributed by atoms with Crippen LogP contribution < -0.4 is 5.63 Å². The van der Waals surface area contributed by atoms with Gasteiger partial charge in [-0.1, -0.05) is 0 Å². The van der Waals surface area contributed by atoms with Crippen LogP contribution in [0, 0.1) is 6.92 Å². The molecule has 0 aromatic carbocycles. The monoisotopic (exact) mass is 139 g/mol. The molecule has 0 amide bonds. The predicted octanol–water partition coefficient (Wildman–Crippen LogP) is 1.15. The smallest absolute Gasteiger partial charge is 0.339 e. The van der Waals surface area contributed by atoms with Crippen molar-refractivity contribution in [1.82, 2.24) is 5.16 Å². The van der Waals surface area contributed by atoms with Crippen LogP contribution in [-0.4, -0.2) is 5.16 Å². The molecule has 54 valence electrons. The minimum absolute atomic E-state index is 0.220. The van der Waals surface area contributed by atoms with Gasteiger partial charge in [0, 0.05) is 5.92 Å². The summed E-state index contributed by atoms with van der Waals surface area (Å²) in [5.74, 6) is 0.575. The Hall–Kier alpha value is -0.990. The standard InChI is InChI=1S/C7H9NO2/c1-4-6(5-2-3-5)8-10-7(4)9/h5,8H,2-3H2,1H3. The predicted molar refractivity (Wildman–Crippen MR) is 36.0 cm³/mol. The minimum Gasteiger partial charge on any atom is -0.339 e. The van der Waals surface area contributed by atoms with E-state index in [1.54, 1.807) is 6.92 Å². The summed E-state index contributed by atoms with van der Waals surface area (Å²) in [4.78, 5) is 10.8. The summed E-state index contributed by atoms with van der Waals surface area (Å²) in [6, 6.07) is 0. The molecule has 0 bridgehead atoms. The maximum Gasteiger partial charge on any atom is 0.360 e. The SMILES string of the molecule is Cc1c(C2CC2)[nH]oc1=O. The number of H-pyrrole nitrogens is 1. The number of aromatic nitrogens is 1. The van der Waals surface area contributed by atoms with E-state index in [9.17, 15) is 4.79 Å². The summed E-state index contributed by atoms with van der Waals surface area (Å²) >= 11 is 0. The van der Waals surface area contributed by atoms with Gasteiger partial charge in [0.05, 0.1) is 11.3 Å². The normalized spacial score (nSPS) is 17.7. The highest BCUT2D eigenvalue weighted by Gasteiger charge is 2.28. The van der Waals surface area contributed by atoms with Crippen LogP contribution in [0.25, 0.3) is 0 Å². The zero-order valence-corrected chi connectivity index (χ0v) is 5.81. The largest absolute Gasteiger partial charge is 0.360 e. The molecule has 1 aliphatic carbocycles. The zero-order chi connectivity index (χ0) is 7.14. The fourth-order valence-corrected chi connectivity index (χ4v) is 1.13. The third-order valence-corrected chi connectivity index (χ3v) is 1.95. The van der Waals surface area contributed by atoms with E-state index < -0.39 is 0 Å². The number of aromatic amines is 1. The quantitative estimate of drug-likeness (QED) is 0.634. The first-order valence-electron chi connectivity index (χ1n) is 3.47.